The molecule has 0 fully saturated rings. The molecule has 1 aromatic carbocycles. The van der Waals surface area contributed by atoms with E-state index in [1.807, 2.05) is 48.5 Å². The number of likely N-dealkylation sites (N-methyl/N-ethyl adjacent to an activating group) is 1. The minimum atomic E-state index is 0.0452. The number of rotatable bonds is 5. The standard InChI is InChI=1S/C19H23N5O/c1-14-6-5-7-18(8-14)24-11-17(9-21-24)10-22(4)19(25)12-23-13-20-15(2)16(23)3/h5-9,11,13H,10,12H2,1-4H3. The van der Waals surface area contributed by atoms with E-state index in [9.17, 15) is 4.79 Å². The van der Waals surface area contributed by atoms with Crippen LogP contribution in [0.2, 0.25) is 0 Å². The fraction of sp³-hybridized carbons (Fsp3) is 0.316. The quantitative estimate of drug-likeness (QED) is 0.719. The zero-order valence-electron chi connectivity index (χ0n) is 15.1. The number of benzene rings is 1. The van der Waals surface area contributed by atoms with E-state index in [0.717, 1.165) is 22.6 Å². The molecule has 6 nitrogen and oxygen atoms in total. The van der Waals surface area contributed by atoms with Gasteiger partial charge in [-0.1, -0.05) is 12.1 Å². The van der Waals surface area contributed by atoms with Crippen molar-refractivity contribution in [1.29, 1.82) is 0 Å². The summed E-state index contributed by atoms with van der Waals surface area (Å²) in [7, 11) is 1.81. The van der Waals surface area contributed by atoms with E-state index >= 15 is 0 Å². The molecule has 6 heteroatoms. The highest BCUT2D eigenvalue weighted by Gasteiger charge is 2.13. The molecular formula is C19H23N5O. The zero-order valence-corrected chi connectivity index (χ0v) is 15.1. The second-order valence-corrected chi connectivity index (χ2v) is 6.43. The molecule has 3 aromatic rings. The summed E-state index contributed by atoms with van der Waals surface area (Å²) >= 11 is 0. The molecule has 0 bridgehead atoms. The number of hydrogen-bond acceptors (Lipinski definition) is 3. The largest absolute Gasteiger partial charge is 0.340 e. The van der Waals surface area contributed by atoms with Crippen LogP contribution in [0.5, 0.6) is 0 Å². The van der Waals surface area contributed by atoms with Gasteiger partial charge < -0.3 is 9.47 Å². The molecule has 130 valence electrons. The minimum Gasteiger partial charge on any atom is -0.340 e. The fourth-order valence-corrected chi connectivity index (χ4v) is 2.69. The number of carbonyl (C=O) groups is 1. The van der Waals surface area contributed by atoms with Crippen LogP contribution in [-0.4, -0.2) is 37.2 Å². The summed E-state index contributed by atoms with van der Waals surface area (Å²) in [4.78, 5) is 18.4. The molecule has 2 aromatic heterocycles. The van der Waals surface area contributed by atoms with Gasteiger partial charge in [-0.25, -0.2) is 9.67 Å². The van der Waals surface area contributed by atoms with E-state index in [-0.39, 0.29) is 5.91 Å². The van der Waals surface area contributed by atoms with E-state index in [1.165, 1.54) is 5.56 Å². The third-order valence-electron chi connectivity index (χ3n) is 4.40. The first-order valence-corrected chi connectivity index (χ1v) is 8.27. The highest BCUT2D eigenvalue weighted by Crippen LogP contribution is 2.12. The van der Waals surface area contributed by atoms with Crippen molar-refractivity contribution in [2.45, 2.75) is 33.9 Å². The van der Waals surface area contributed by atoms with Crippen LogP contribution in [0.3, 0.4) is 0 Å². The predicted octanol–water partition coefficient (Wildman–Crippen LogP) is 2.65. The van der Waals surface area contributed by atoms with Crippen molar-refractivity contribution in [1.82, 2.24) is 24.2 Å². The van der Waals surface area contributed by atoms with Crippen LogP contribution >= 0.6 is 0 Å². The molecule has 0 aliphatic heterocycles. The van der Waals surface area contributed by atoms with Crippen LogP contribution in [0.25, 0.3) is 5.69 Å². The lowest BCUT2D eigenvalue weighted by molar-refractivity contribution is -0.131. The highest BCUT2D eigenvalue weighted by molar-refractivity contribution is 5.75. The van der Waals surface area contributed by atoms with Crippen LogP contribution in [0.1, 0.15) is 22.5 Å². The smallest absolute Gasteiger partial charge is 0.242 e. The van der Waals surface area contributed by atoms with Crippen LogP contribution in [-0.2, 0) is 17.9 Å². The maximum atomic E-state index is 12.4. The maximum absolute atomic E-state index is 12.4. The summed E-state index contributed by atoms with van der Waals surface area (Å²) in [6.07, 6.45) is 5.48. The monoisotopic (exact) mass is 337 g/mol. The fourth-order valence-electron chi connectivity index (χ4n) is 2.69. The van der Waals surface area contributed by atoms with Crippen molar-refractivity contribution in [3.63, 3.8) is 0 Å². The number of aromatic nitrogens is 4. The van der Waals surface area contributed by atoms with Crippen molar-refractivity contribution in [3.8, 4) is 5.69 Å². The van der Waals surface area contributed by atoms with Gasteiger partial charge in [-0.15, -0.1) is 0 Å². The molecule has 0 saturated carbocycles. The lowest BCUT2D eigenvalue weighted by Gasteiger charge is -2.17. The molecule has 3 rings (SSSR count). The Morgan fingerprint density at radius 2 is 2.04 bits per heavy atom. The van der Waals surface area contributed by atoms with Gasteiger partial charge in [0.1, 0.15) is 6.54 Å². The molecule has 2 heterocycles. The normalized spacial score (nSPS) is 10.9. The summed E-state index contributed by atoms with van der Waals surface area (Å²) in [5.41, 5.74) is 5.18. The Morgan fingerprint density at radius 3 is 2.72 bits per heavy atom. The molecule has 0 atom stereocenters. The summed E-state index contributed by atoms with van der Waals surface area (Å²) in [5.74, 6) is 0.0452. The number of carbonyl (C=O) groups excluding carboxylic acids is 1. The summed E-state index contributed by atoms with van der Waals surface area (Å²) in [5, 5.41) is 4.40. The Labute approximate surface area is 147 Å². The van der Waals surface area contributed by atoms with Gasteiger partial charge in [-0.05, 0) is 38.5 Å². The number of nitrogens with zero attached hydrogens (tertiary/aromatic N) is 5. The van der Waals surface area contributed by atoms with Gasteiger partial charge in [0.05, 0.1) is 23.9 Å². The number of imidazole rings is 1. The van der Waals surface area contributed by atoms with Crippen molar-refractivity contribution in [3.05, 3.63) is 65.5 Å². The average Bonchev–Trinajstić information content (AvgIpc) is 3.17. The van der Waals surface area contributed by atoms with Gasteiger partial charge in [0.15, 0.2) is 0 Å². The second kappa shape index (κ2) is 6.93. The summed E-state index contributed by atoms with van der Waals surface area (Å²) in [6.45, 7) is 6.80. The zero-order chi connectivity index (χ0) is 18.0. The Kier molecular flexibility index (Phi) is 4.70. The second-order valence-electron chi connectivity index (χ2n) is 6.43. The summed E-state index contributed by atoms with van der Waals surface area (Å²) < 4.78 is 3.72. The number of aryl methyl sites for hydroxylation is 2. The molecule has 0 spiro atoms. The van der Waals surface area contributed by atoms with Crippen molar-refractivity contribution in [2.75, 3.05) is 7.05 Å². The minimum absolute atomic E-state index is 0.0452. The SMILES string of the molecule is Cc1cccc(-n2cc(CN(C)C(=O)Cn3cnc(C)c3C)cn2)c1. The Bertz CT molecular complexity index is 893. The van der Waals surface area contributed by atoms with Crippen LogP contribution < -0.4 is 0 Å². The molecular weight excluding hydrogens is 314 g/mol. The maximum Gasteiger partial charge on any atom is 0.242 e. The number of amides is 1. The predicted molar refractivity (Wildman–Crippen MR) is 96.5 cm³/mol. The number of hydrogen-bond donors (Lipinski definition) is 0. The van der Waals surface area contributed by atoms with Crippen molar-refractivity contribution in [2.24, 2.45) is 0 Å². The first kappa shape index (κ1) is 17.0. The van der Waals surface area contributed by atoms with Gasteiger partial charge in [-0.2, -0.15) is 5.10 Å². The Balaban J connectivity index is 1.66. The first-order chi connectivity index (χ1) is 11.9. The molecule has 0 radical (unpaired) electrons. The van der Waals surface area contributed by atoms with E-state index < -0.39 is 0 Å². The molecule has 25 heavy (non-hydrogen) atoms. The molecule has 0 aliphatic carbocycles. The summed E-state index contributed by atoms with van der Waals surface area (Å²) in [6, 6.07) is 8.16. The topological polar surface area (TPSA) is 56.0 Å². The molecule has 0 saturated heterocycles. The van der Waals surface area contributed by atoms with Gasteiger partial charge in [-0.3, -0.25) is 4.79 Å². The molecule has 1 amide bonds. The van der Waals surface area contributed by atoms with Crippen molar-refractivity contribution < 1.29 is 4.79 Å². The molecule has 0 N–H and O–H groups in total. The van der Waals surface area contributed by atoms with Crippen LogP contribution in [0.4, 0.5) is 0 Å². The van der Waals surface area contributed by atoms with Gasteiger partial charge >= 0.3 is 0 Å². The van der Waals surface area contributed by atoms with E-state index in [2.05, 4.69) is 29.1 Å². The van der Waals surface area contributed by atoms with Crippen molar-refractivity contribution >= 4 is 5.91 Å². The first-order valence-electron chi connectivity index (χ1n) is 8.27. The van der Waals surface area contributed by atoms with Crippen LogP contribution in [0, 0.1) is 20.8 Å². The van der Waals surface area contributed by atoms with Crippen LogP contribution in [0.15, 0.2) is 43.0 Å². The highest BCUT2D eigenvalue weighted by atomic mass is 16.2. The van der Waals surface area contributed by atoms with Gasteiger partial charge in [0.2, 0.25) is 5.91 Å². The molecule has 0 aliphatic rings. The third kappa shape index (κ3) is 3.79. The van der Waals surface area contributed by atoms with Gasteiger partial charge in [0, 0.05) is 31.0 Å². The van der Waals surface area contributed by atoms with E-state index in [0.29, 0.717) is 13.1 Å². The molecule has 0 unspecified atom stereocenters. The average molecular weight is 337 g/mol. The Hall–Kier alpha value is -2.89. The van der Waals surface area contributed by atoms with E-state index in [1.54, 1.807) is 17.4 Å². The van der Waals surface area contributed by atoms with Gasteiger partial charge in [0.25, 0.3) is 0 Å². The van der Waals surface area contributed by atoms with E-state index in [4.69, 9.17) is 0 Å². The lowest BCUT2D eigenvalue weighted by atomic mass is 10.2. The third-order valence-corrected chi connectivity index (χ3v) is 4.40. The lowest BCUT2D eigenvalue weighted by Crippen LogP contribution is -2.29. The Morgan fingerprint density at radius 1 is 1.24 bits per heavy atom.